The number of amides is 1. The molecule has 1 amide bonds. The maximum atomic E-state index is 12.2. The Morgan fingerprint density at radius 3 is 2.67 bits per heavy atom. The highest BCUT2D eigenvalue weighted by Crippen LogP contribution is 2.15. The van der Waals surface area contributed by atoms with Gasteiger partial charge in [-0.25, -0.2) is 4.79 Å². The van der Waals surface area contributed by atoms with Gasteiger partial charge >= 0.3 is 6.09 Å². The van der Waals surface area contributed by atoms with Gasteiger partial charge in [0.1, 0.15) is 5.60 Å². The quantitative estimate of drug-likeness (QED) is 0.782. The second-order valence-corrected chi connectivity index (χ2v) is 6.98. The third kappa shape index (κ3) is 7.14. The van der Waals surface area contributed by atoms with Crippen molar-refractivity contribution in [2.45, 2.75) is 46.1 Å². The van der Waals surface area contributed by atoms with E-state index in [2.05, 4.69) is 17.1 Å². The summed E-state index contributed by atoms with van der Waals surface area (Å²) in [6, 6.07) is 0. The van der Waals surface area contributed by atoms with E-state index in [-0.39, 0.29) is 6.09 Å². The molecule has 1 atom stereocenters. The van der Waals surface area contributed by atoms with Gasteiger partial charge in [-0.3, -0.25) is 0 Å². The van der Waals surface area contributed by atoms with E-state index in [0.29, 0.717) is 0 Å². The summed E-state index contributed by atoms with van der Waals surface area (Å²) in [6.07, 6.45) is 2.03. The van der Waals surface area contributed by atoms with E-state index in [4.69, 9.17) is 4.74 Å². The summed E-state index contributed by atoms with van der Waals surface area (Å²) in [5.74, 6) is 0.746. The molecule has 0 spiro atoms. The molecule has 5 nitrogen and oxygen atoms in total. The van der Waals surface area contributed by atoms with Gasteiger partial charge in [-0.15, -0.1) is 0 Å². The van der Waals surface area contributed by atoms with E-state index in [9.17, 15) is 4.79 Å². The minimum atomic E-state index is -0.422. The number of likely N-dealkylation sites (tertiary alicyclic amines) is 1. The molecule has 0 saturated carbocycles. The van der Waals surface area contributed by atoms with Crippen LogP contribution >= 0.6 is 0 Å². The highest BCUT2D eigenvalue weighted by molar-refractivity contribution is 5.68. The first kappa shape index (κ1) is 18.2. The van der Waals surface area contributed by atoms with Gasteiger partial charge in [0.15, 0.2) is 0 Å². The molecule has 21 heavy (non-hydrogen) atoms. The van der Waals surface area contributed by atoms with Crippen molar-refractivity contribution in [1.82, 2.24) is 15.1 Å². The van der Waals surface area contributed by atoms with Gasteiger partial charge in [-0.05, 0) is 59.7 Å². The first-order valence-corrected chi connectivity index (χ1v) is 8.20. The van der Waals surface area contributed by atoms with Crippen molar-refractivity contribution >= 4 is 6.09 Å². The fraction of sp³-hybridized carbons (Fsp3) is 0.938. The third-order valence-electron chi connectivity index (χ3n) is 3.69. The molecular formula is C16H33N3O2. The van der Waals surface area contributed by atoms with Gasteiger partial charge in [0.25, 0.3) is 0 Å². The maximum absolute atomic E-state index is 12.2. The largest absolute Gasteiger partial charge is 0.444 e. The number of carbonyl (C=O) groups excluding carboxylic acids is 1. The normalized spacial score (nSPS) is 19.8. The molecule has 0 aromatic heterocycles. The summed E-state index contributed by atoms with van der Waals surface area (Å²) in [5, 5.41) is 3.25. The number of ether oxygens (including phenoxy) is 1. The van der Waals surface area contributed by atoms with E-state index in [1.807, 2.05) is 32.7 Å². The molecule has 124 valence electrons. The summed E-state index contributed by atoms with van der Waals surface area (Å²) < 4.78 is 5.49. The molecule has 1 aliphatic rings. The Labute approximate surface area is 130 Å². The standard InChI is InChI=1S/C16H33N3O2/c1-6-8-19(15(20)21-16(2,3)4)11-10-18-9-7-14(13-18)12-17-5/h14,17H,6-13H2,1-5H3. The second-order valence-electron chi connectivity index (χ2n) is 6.98. The lowest BCUT2D eigenvalue weighted by molar-refractivity contribution is 0.0235. The number of carbonyl (C=O) groups is 1. The zero-order valence-electron chi connectivity index (χ0n) is 14.4. The average Bonchev–Trinajstić information content (AvgIpc) is 2.80. The monoisotopic (exact) mass is 299 g/mol. The van der Waals surface area contributed by atoms with Crippen molar-refractivity contribution in [3.05, 3.63) is 0 Å². The highest BCUT2D eigenvalue weighted by atomic mass is 16.6. The smallest absolute Gasteiger partial charge is 0.410 e. The van der Waals surface area contributed by atoms with E-state index in [1.54, 1.807) is 0 Å². The molecule has 5 heteroatoms. The molecule has 1 fully saturated rings. The molecule has 1 heterocycles. The van der Waals surface area contributed by atoms with Crippen molar-refractivity contribution < 1.29 is 9.53 Å². The molecule has 0 aromatic rings. The van der Waals surface area contributed by atoms with Gasteiger partial charge in [0, 0.05) is 26.2 Å². The van der Waals surface area contributed by atoms with Gasteiger partial charge in [-0.2, -0.15) is 0 Å². The molecule has 0 radical (unpaired) electrons. The Bertz CT molecular complexity index is 315. The number of rotatable bonds is 7. The van der Waals surface area contributed by atoms with Crippen LogP contribution in [-0.2, 0) is 4.74 Å². The average molecular weight is 299 g/mol. The topological polar surface area (TPSA) is 44.8 Å². The van der Waals surface area contributed by atoms with E-state index in [0.717, 1.165) is 51.6 Å². The summed E-state index contributed by atoms with van der Waals surface area (Å²) in [6.45, 7) is 13.7. The Kier molecular flexibility index (Phi) is 7.46. The van der Waals surface area contributed by atoms with Crippen LogP contribution in [0.3, 0.4) is 0 Å². The summed E-state index contributed by atoms with van der Waals surface area (Å²) >= 11 is 0. The van der Waals surface area contributed by atoms with Crippen molar-refractivity contribution in [2.24, 2.45) is 5.92 Å². The van der Waals surface area contributed by atoms with E-state index >= 15 is 0 Å². The fourth-order valence-corrected chi connectivity index (χ4v) is 2.72. The zero-order chi connectivity index (χ0) is 15.9. The first-order valence-electron chi connectivity index (χ1n) is 8.20. The van der Waals surface area contributed by atoms with Crippen molar-refractivity contribution in [3.63, 3.8) is 0 Å². The van der Waals surface area contributed by atoms with Crippen LogP contribution in [-0.4, -0.2) is 67.8 Å². The second kappa shape index (κ2) is 8.59. The molecule has 0 aromatic carbocycles. The van der Waals surface area contributed by atoms with Crippen LogP contribution in [0.15, 0.2) is 0 Å². The van der Waals surface area contributed by atoms with Crippen LogP contribution in [0, 0.1) is 5.92 Å². The van der Waals surface area contributed by atoms with Crippen LogP contribution in [0.4, 0.5) is 4.79 Å². The molecule has 0 bridgehead atoms. The SMILES string of the molecule is CCCN(CCN1CCC(CNC)C1)C(=O)OC(C)(C)C. The molecule has 1 saturated heterocycles. The molecule has 1 N–H and O–H groups in total. The van der Waals surface area contributed by atoms with Crippen molar-refractivity contribution in [1.29, 1.82) is 0 Å². The lowest BCUT2D eigenvalue weighted by Gasteiger charge is -2.28. The minimum Gasteiger partial charge on any atom is -0.444 e. The molecule has 1 unspecified atom stereocenters. The van der Waals surface area contributed by atoms with Crippen LogP contribution in [0.5, 0.6) is 0 Å². The third-order valence-corrected chi connectivity index (χ3v) is 3.69. The summed E-state index contributed by atoms with van der Waals surface area (Å²) in [5.41, 5.74) is -0.422. The number of hydrogen-bond acceptors (Lipinski definition) is 4. The Balaban J connectivity index is 2.39. The van der Waals surface area contributed by atoms with Gasteiger partial charge in [0.2, 0.25) is 0 Å². The highest BCUT2D eigenvalue weighted by Gasteiger charge is 2.25. The summed E-state index contributed by atoms with van der Waals surface area (Å²) in [7, 11) is 2.01. The van der Waals surface area contributed by atoms with E-state index in [1.165, 1.54) is 6.42 Å². The molecular weight excluding hydrogens is 266 g/mol. The van der Waals surface area contributed by atoms with Crippen LogP contribution in [0.2, 0.25) is 0 Å². The molecule has 1 aliphatic heterocycles. The number of nitrogens with one attached hydrogen (secondary N) is 1. The Morgan fingerprint density at radius 1 is 1.38 bits per heavy atom. The van der Waals surface area contributed by atoms with Gasteiger partial charge < -0.3 is 19.9 Å². The predicted octanol–water partition coefficient (Wildman–Crippen LogP) is 2.17. The number of nitrogens with zero attached hydrogens (tertiary/aromatic N) is 2. The minimum absolute atomic E-state index is 0.185. The van der Waals surface area contributed by atoms with Crippen LogP contribution in [0.25, 0.3) is 0 Å². The molecule has 0 aliphatic carbocycles. The predicted molar refractivity (Wildman–Crippen MR) is 86.6 cm³/mol. The van der Waals surface area contributed by atoms with Crippen molar-refractivity contribution in [2.75, 3.05) is 46.3 Å². The first-order chi connectivity index (χ1) is 9.85. The molecule has 1 rings (SSSR count). The lowest BCUT2D eigenvalue weighted by Crippen LogP contribution is -2.41. The van der Waals surface area contributed by atoms with Gasteiger partial charge in [-0.1, -0.05) is 6.92 Å². The van der Waals surface area contributed by atoms with Crippen LogP contribution in [0.1, 0.15) is 40.5 Å². The lowest BCUT2D eigenvalue weighted by atomic mass is 10.1. The van der Waals surface area contributed by atoms with Gasteiger partial charge in [0.05, 0.1) is 0 Å². The Morgan fingerprint density at radius 2 is 2.10 bits per heavy atom. The summed E-state index contributed by atoms with van der Waals surface area (Å²) in [4.78, 5) is 16.5. The van der Waals surface area contributed by atoms with Crippen LogP contribution < -0.4 is 5.32 Å². The fourth-order valence-electron chi connectivity index (χ4n) is 2.72. The Hall–Kier alpha value is -0.810. The number of hydrogen-bond donors (Lipinski definition) is 1. The zero-order valence-corrected chi connectivity index (χ0v) is 14.4. The maximum Gasteiger partial charge on any atom is 0.410 e. The van der Waals surface area contributed by atoms with Crippen molar-refractivity contribution in [3.8, 4) is 0 Å². The van der Waals surface area contributed by atoms with E-state index < -0.39 is 5.60 Å².